The molecule has 4 aromatic rings. The van der Waals surface area contributed by atoms with E-state index < -0.39 is 6.09 Å². The van der Waals surface area contributed by atoms with Gasteiger partial charge in [-0.1, -0.05) is 48.5 Å². The molecule has 35 heavy (non-hydrogen) atoms. The fourth-order valence-electron chi connectivity index (χ4n) is 4.59. The second-order valence-electron chi connectivity index (χ2n) is 8.67. The Balaban J connectivity index is 1.48. The third kappa shape index (κ3) is 4.93. The van der Waals surface area contributed by atoms with Crippen LogP contribution in [0.2, 0.25) is 0 Å². The minimum absolute atomic E-state index is 0.0905. The molecule has 7 nitrogen and oxygen atoms in total. The summed E-state index contributed by atoms with van der Waals surface area (Å²) in [7, 11) is 0. The molecule has 1 atom stereocenters. The van der Waals surface area contributed by atoms with Crippen LogP contribution in [0.5, 0.6) is 0 Å². The van der Waals surface area contributed by atoms with Gasteiger partial charge in [0.2, 0.25) is 0 Å². The van der Waals surface area contributed by atoms with Crippen molar-refractivity contribution < 1.29 is 14.3 Å². The largest absolute Gasteiger partial charge is 0.465 e. The minimum atomic E-state index is -0.891. The summed E-state index contributed by atoms with van der Waals surface area (Å²) in [6, 6.07) is 20.4. The SMILES string of the molecule is O=C(O)N1CCC(NC(c2ccc(-c3ccccc3)nc2)c2cn[nH]c2-c2ccccc2F)CC1. The Kier molecular flexibility index (Phi) is 6.54. The number of carbonyl (C=O) groups is 1. The number of carboxylic acid groups (broad SMARTS) is 1. The molecule has 1 aliphatic rings. The summed E-state index contributed by atoms with van der Waals surface area (Å²) in [5, 5.41) is 20.2. The maximum atomic E-state index is 14.7. The third-order valence-electron chi connectivity index (χ3n) is 6.48. The Morgan fingerprint density at radius 1 is 1.03 bits per heavy atom. The number of halogens is 1. The lowest BCUT2D eigenvalue weighted by atomic mass is 9.94. The number of aromatic nitrogens is 3. The molecule has 5 rings (SSSR count). The average Bonchev–Trinajstić information content (AvgIpc) is 3.38. The van der Waals surface area contributed by atoms with E-state index in [1.807, 2.05) is 48.7 Å². The van der Waals surface area contributed by atoms with E-state index in [2.05, 4.69) is 15.5 Å². The predicted octanol–water partition coefficient (Wildman–Crippen LogP) is 5.10. The quantitative estimate of drug-likeness (QED) is 0.364. The third-order valence-corrected chi connectivity index (χ3v) is 6.48. The van der Waals surface area contributed by atoms with Gasteiger partial charge in [0.05, 0.1) is 23.6 Å². The minimum Gasteiger partial charge on any atom is -0.465 e. The number of hydrogen-bond donors (Lipinski definition) is 3. The number of H-pyrrole nitrogens is 1. The first kappa shape index (κ1) is 22.7. The van der Waals surface area contributed by atoms with Gasteiger partial charge in [-0.05, 0) is 36.6 Å². The van der Waals surface area contributed by atoms with Gasteiger partial charge in [-0.3, -0.25) is 10.1 Å². The first-order valence-electron chi connectivity index (χ1n) is 11.6. The maximum Gasteiger partial charge on any atom is 0.407 e. The summed E-state index contributed by atoms with van der Waals surface area (Å²) in [5.41, 5.74) is 4.68. The van der Waals surface area contributed by atoms with Crippen molar-refractivity contribution >= 4 is 6.09 Å². The summed E-state index contributed by atoms with van der Waals surface area (Å²) in [6.45, 7) is 0.937. The van der Waals surface area contributed by atoms with Crippen molar-refractivity contribution in [3.8, 4) is 22.5 Å². The van der Waals surface area contributed by atoms with E-state index in [4.69, 9.17) is 4.98 Å². The number of aromatic amines is 1. The zero-order valence-electron chi connectivity index (χ0n) is 19.1. The molecular weight excluding hydrogens is 445 g/mol. The van der Waals surface area contributed by atoms with Crippen LogP contribution in [0.15, 0.2) is 79.1 Å². The van der Waals surface area contributed by atoms with Crippen molar-refractivity contribution in [1.82, 2.24) is 25.4 Å². The van der Waals surface area contributed by atoms with Crippen molar-refractivity contribution in [2.24, 2.45) is 0 Å². The van der Waals surface area contributed by atoms with Gasteiger partial charge in [0, 0.05) is 42.0 Å². The number of hydrogen-bond acceptors (Lipinski definition) is 4. The standard InChI is InChI=1S/C27H26FN5O2/c28-23-9-5-4-8-21(23)26-22(17-30-32-26)25(31-20-12-14-33(15-13-20)27(34)35)19-10-11-24(29-16-19)18-6-2-1-3-7-18/h1-11,16-17,20,25,31H,12-15H2,(H,30,32)(H,34,35). The molecular formula is C27H26FN5O2. The van der Waals surface area contributed by atoms with E-state index in [1.165, 1.54) is 11.0 Å². The van der Waals surface area contributed by atoms with Crippen LogP contribution in [0.25, 0.3) is 22.5 Å². The summed E-state index contributed by atoms with van der Waals surface area (Å²) in [6.07, 6.45) is 4.04. The van der Waals surface area contributed by atoms with Crippen LogP contribution in [0.3, 0.4) is 0 Å². The molecule has 0 saturated carbocycles. The molecule has 1 aliphatic heterocycles. The summed E-state index contributed by atoms with van der Waals surface area (Å²) in [5.74, 6) is -0.330. The Hall–Kier alpha value is -4.04. The summed E-state index contributed by atoms with van der Waals surface area (Å²) in [4.78, 5) is 17.5. The molecule has 1 saturated heterocycles. The Morgan fingerprint density at radius 2 is 1.77 bits per heavy atom. The van der Waals surface area contributed by atoms with Crippen LogP contribution in [-0.4, -0.2) is 50.4 Å². The molecule has 3 heterocycles. The maximum absolute atomic E-state index is 14.7. The van der Waals surface area contributed by atoms with E-state index in [0.717, 1.165) is 22.4 Å². The average molecular weight is 472 g/mol. The van der Waals surface area contributed by atoms with Crippen LogP contribution in [0.4, 0.5) is 9.18 Å². The lowest BCUT2D eigenvalue weighted by Gasteiger charge is -2.33. The van der Waals surface area contributed by atoms with Gasteiger partial charge in [0.15, 0.2) is 0 Å². The van der Waals surface area contributed by atoms with Gasteiger partial charge in [-0.2, -0.15) is 5.10 Å². The fraction of sp³-hybridized carbons (Fsp3) is 0.222. The second-order valence-corrected chi connectivity index (χ2v) is 8.67. The Bertz CT molecular complexity index is 1280. The molecule has 2 aromatic heterocycles. The summed E-state index contributed by atoms with van der Waals surface area (Å²) >= 11 is 0. The molecule has 1 amide bonds. The van der Waals surface area contributed by atoms with Crippen molar-refractivity contribution in [2.45, 2.75) is 24.9 Å². The van der Waals surface area contributed by atoms with Gasteiger partial charge < -0.3 is 15.3 Å². The molecule has 0 bridgehead atoms. The van der Waals surface area contributed by atoms with E-state index in [-0.39, 0.29) is 17.9 Å². The highest BCUT2D eigenvalue weighted by atomic mass is 19.1. The van der Waals surface area contributed by atoms with Crippen LogP contribution >= 0.6 is 0 Å². The predicted molar refractivity (Wildman–Crippen MR) is 131 cm³/mol. The number of likely N-dealkylation sites (tertiary alicyclic amines) is 1. The van der Waals surface area contributed by atoms with Crippen LogP contribution in [0, 0.1) is 5.82 Å². The smallest absolute Gasteiger partial charge is 0.407 e. The number of benzene rings is 2. The fourth-order valence-corrected chi connectivity index (χ4v) is 4.59. The molecule has 2 aromatic carbocycles. The first-order chi connectivity index (χ1) is 17.1. The highest BCUT2D eigenvalue weighted by molar-refractivity contribution is 5.66. The van der Waals surface area contributed by atoms with Crippen LogP contribution < -0.4 is 5.32 Å². The van der Waals surface area contributed by atoms with E-state index in [0.29, 0.717) is 37.2 Å². The molecule has 0 radical (unpaired) electrons. The molecule has 1 fully saturated rings. The van der Waals surface area contributed by atoms with Crippen molar-refractivity contribution in [3.05, 3.63) is 96.1 Å². The highest BCUT2D eigenvalue weighted by Gasteiger charge is 2.28. The molecule has 0 aliphatic carbocycles. The number of nitrogens with zero attached hydrogens (tertiary/aromatic N) is 3. The molecule has 1 unspecified atom stereocenters. The van der Waals surface area contributed by atoms with Gasteiger partial charge in [0.25, 0.3) is 0 Å². The van der Waals surface area contributed by atoms with Crippen molar-refractivity contribution in [1.29, 1.82) is 0 Å². The number of piperidine rings is 1. The molecule has 3 N–H and O–H groups in total. The van der Waals surface area contributed by atoms with Crippen LogP contribution in [-0.2, 0) is 0 Å². The second kappa shape index (κ2) is 10.1. The molecule has 178 valence electrons. The number of nitrogens with one attached hydrogen (secondary N) is 2. The van der Waals surface area contributed by atoms with E-state index >= 15 is 0 Å². The van der Waals surface area contributed by atoms with E-state index in [1.54, 1.807) is 24.4 Å². The zero-order chi connectivity index (χ0) is 24.2. The topological polar surface area (TPSA) is 94.1 Å². The molecule has 0 spiro atoms. The van der Waals surface area contributed by atoms with E-state index in [9.17, 15) is 14.3 Å². The zero-order valence-corrected chi connectivity index (χ0v) is 19.1. The lowest BCUT2D eigenvalue weighted by Crippen LogP contribution is -2.45. The normalized spacial score (nSPS) is 15.2. The first-order valence-corrected chi connectivity index (χ1v) is 11.6. The van der Waals surface area contributed by atoms with Crippen molar-refractivity contribution in [3.63, 3.8) is 0 Å². The molecule has 8 heteroatoms. The monoisotopic (exact) mass is 471 g/mol. The van der Waals surface area contributed by atoms with Gasteiger partial charge in [-0.15, -0.1) is 0 Å². The Labute approximate surface area is 202 Å². The Morgan fingerprint density at radius 3 is 2.46 bits per heavy atom. The van der Waals surface area contributed by atoms with Gasteiger partial charge >= 0.3 is 6.09 Å². The number of amides is 1. The highest BCUT2D eigenvalue weighted by Crippen LogP contribution is 2.33. The number of rotatable bonds is 6. The number of pyridine rings is 1. The van der Waals surface area contributed by atoms with Gasteiger partial charge in [-0.25, -0.2) is 9.18 Å². The van der Waals surface area contributed by atoms with Gasteiger partial charge in [0.1, 0.15) is 5.82 Å². The lowest BCUT2D eigenvalue weighted by molar-refractivity contribution is 0.128. The van der Waals surface area contributed by atoms with Crippen molar-refractivity contribution in [2.75, 3.05) is 13.1 Å². The van der Waals surface area contributed by atoms with Crippen LogP contribution in [0.1, 0.15) is 30.0 Å². The summed E-state index contributed by atoms with van der Waals surface area (Å²) < 4.78 is 14.7.